The molecular formula is C17H20N2O2. The van der Waals surface area contributed by atoms with Crippen molar-refractivity contribution in [3.63, 3.8) is 0 Å². The van der Waals surface area contributed by atoms with Crippen LogP contribution in [0.25, 0.3) is 10.9 Å². The fourth-order valence-corrected chi connectivity index (χ4v) is 2.69. The van der Waals surface area contributed by atoms with E-state index in [1.807, 2.05) is 45.2 Å². The lowest BCUT2D eigenvalue weighted by molar-refractivity contribution is 0.0224. The Hall–Kier alpha value is -2.10. The standard InChI is InChI=1S/C17H20N2O2/c1-17(2,3)21-16(20)19-9-8-13-12(11-19)10-18-15-7-5-4-6-14(13)15/h4-7,10H,8-9,11H2,1-3H3. The van der Waals surface area contributed by atoms with Crippen molar-refractivity contribution in [2.24, 2.45) is 0 Å². The van der Waals surface area contributed by atoms with Gasteiger partial charge in [-0.3, -0.25) is 4.98 Å². The monoisotopic (exact) mass is 284 g/mol. The van der Waals surface area contributed by atoms with Gasteiger partial charge in [-0.15, -0.1) is 0 Å². The number of ether oxygens (including phenoxy) is 1. The number of carbonyl (C=O) groups is 1. The number of rotatable bonds is 0. The summed E-state index contributed by atoms with van der Waals surface area (Å²) in [5.74, 6) is 0. The topological polar surface area (TPSA) is 42.4 Å². The normalized spacial score (nSPS) is 14.9. The number of hydrogen-bond acceptors (Lipinski definition) is 3. The number of fused-ring (bicyclic) bond motifs is 3. The fraction of sp³-hybridized carbons (Fsp3) is 0.412. The van der Waals surface area contributed by atoms with Crippen LogP contribution in [0.1, 0.15) is 31.9 Å². The first kappa shape index (κ1) is 13.9. The second-order valence-corrected chi connectivity index (χ2v) is 6.43. The third-order valence-corrected chi connectivity index (χ3v) is 3.62. The SMILES string of the molecule is CC(C)(C)OC(=O)N1CCc2c(cnc3ccccc23)C1. The Balaban J connectivity index is 1.86. The van der Waals surface area contributed by atoms with Gasteiger partial charge >= 0.3 is 6.09 Å². The molecule has 0 unspecified atom stereocenters. The van der Waals surface area contributed by atoms with Crippen LogP contribution in [0.15, 0.2) is 30.5 Å². The zero-order valence-corrected chi connectivity index (χ0v) is 12.7. The predicted octanol–water partition coefficient (Wildman–Crippen LogP) is 3.53. The largest absolute Gasteiger partial charge is 0.444 e. The summed E-state index contributed by atoms with van der Waals surface area (Å²) in [4.78, 5) is 18.4. The first-order valence-electron chi connectivity index (χ1n) is 7.27. The first-order valence-corrected chi connectivity index (χ1v) is 7.27. The van der Waals surface area contributed by atoms with Crippen LogP contribution in [0.4, 0.5) is 4.79 Å². The Bertz CT molecular complexity index is 689. The number of carbonyl (C=O) groups excluding carboxylic acids is 1. The Kier molecular flexibility index (Phi) is 3.32. The van der Waals surface area contributed by atoms with E-state index in [0.717, 1.165) is 17.5 Å². The van der Waals surface area contributed by atoms with E-state index in [9.17, 15) is 4.79 Å². The van der Waals surface area contributed by atoms with Crippen molar-refractivity contribution in [2.75, 3.05) is 6.54 Å². The molecule has 2 heterocycles. The molecule has 3 rings (SSSR count). The molecule has 2 aromatic rings. The summed E-state index contributed by atoms with van der Waals surface area (Å²) < 4.78 is 5.45. The average Bonchev–Trinajstić information content (AvgIpc) is 2.44. The van der Waals surface area contributed by atoms with Crippen LogP contribution in [0.2, 0.25) is 0 Å². The van der Waals surface area contributed by atoms with Crippen molar-refractivity contribution in [3.05, 3.63) is 41.6 Å². The molecule has 0 saturated heterocycles. The lowest BCUT2D eigenvalue weighted by Gasteiger charge is -2.31. The van der Waals surface area contributed by atoms with Crippen molar-refractivity contribution in [1.29, 1.82) is 0 Å². The van der Waals surface area contributed by atoms with Gasteiger partial charge in [0.1, 0.15) is 5.60 Å². The zero-order valence-electron chi connectivity index (χ0n) is 12.7. The minimum Gasteiger partial charge on any atom is -0.444 e. The molecule has 4 heteroatoms. The minimum absolute atomic E-state index is 0.249. The van der Waals surface area contributed by atoms with Crippen LogP contribution in [-0.4, -0.2) is 28.1 Å². The zero-order chi connectivity index (χ0) is 15.0. The molecule has 0 spiro atoms. The summed E-state index contributed by atoms with van der Waals surface area (Å²) >= 11 is 0. The van der Waals surface area contributed by atoms with Gasteiger partial charge < -0.3 is 9.64 Å². The van der Waals surface area contributed by atoms with Crippen molar-refractivity contribution < 1.29 is 9.53 Å². The molecular weight excluding hydrogens is 264 g/mol. The summed E-state index contributed by atoms with van der Waals surface area (Å²) in [5.41, 5.74) is 2.98. The quantitative estimate of drug-likeness (QED) is 0.743. The Morgan fingerprint density at radius 1 is 1.29 bits per heavy atom. The maximum atomic E-state index is 12.2. The van der Waals surface area contributed by atoms with Gasteiger partial charge in [0.15, 0.2) is 0 Å². The van der Waals surface area contributed by atoms with Gasteiger partial charge in [0.25, 0.3) is 0 Å². The van der Waals surface area contributed by atoms with Gasteiger partial charge in [0.2, 0.25) is 0 Å². The van der Waals surface area contributed by atoms with Crippen LogP contribution >= 0.6 is 0 Å². The van der Waals surface area contributed by atoms with E-state index >= 15 is 0 Å². The van der Waals surface area contributed by atoms with Gasteiger partial charge in [-0.1, -0.05) is 18.2 Å². The van der Waals surface area contributed by atoms with Crippen LogP contribution in [0.3, 0.4) is 0 Å². The average molecular weight is 284 g/mol. The Labute approximate surface area is 124 Å². The maximum absolute atomic E-state index is 12.2. The predicted molar refractivity (Wildman–Crippen MR) is 82.1 cm³/mol. The third-order valence-electron chi connectivity index (χ3n) is 3.62. The third kappa shape index (κ3) is 2.84. The highest BCUT2D eigenvalue weighted by molar-refractivity contribution is 5.83. The number of amides is 1. The fourth-order valence-electron chi connectivity index (χ4n) is 2.69. The molecule has 1 aliphatic heterocycles. The van der Waals surface area contributed by atoms with Crippen molar-refractivity contribution in [3.8, 4) is 0 Å². The molecule has 0 aliphatic carbocycles. The molecule has 0 N–H and O–H groups in total. The Morgan fingerprint density at radius 3 is 2.81 bits per heavy atom. The highest BCUT2D eigenvalue weighted by Crippen LogP contribution is 2.26. The van der Waals surface area contributed by atoms with E-state index in [0.29, 0.717) is 13.1 Å². The van der Waals surface area contributed by atoms with E-state index in [1.165, 1.54) is 10.9 Å². The Morgan fingerprint density at radius 2 is 2.05 bits per heavy atom. The summed E-state index contributed by atoms with van der Waals surface area (Å²) in [6, 6.07) is 8.16. The second-order valence-electron chi connectivity index (χ2n) is 6.43. The smallest absolute Gasteiger partial charge is 0.410 e. The molecule has 21 heavy (non-hydrogen) atoms. The highest BCUT2D eigenvalue weighted by atomic mass is 16.6. The lowest BCUT2D eigenvalue weighted by Crippen LogP contribution is -2.40. The second kappa shape index (κ2) is 5.02. The van der Waals surface area contributed by atoms with Gasteiger partial charge in [-0.05, 0) is 44.4 Å². The van der Waals surface area contributed by atoms with Gasteiger partial charge in [-0.25, -0.2) is 4.79 Å². The number of para-hydroxylation sites is 1. The number of aromatic nitrogens is 1. The van der Waals surface area contributed by atoms with E-state index in [4.69, 9.17) is 4.74 Å². The maximum Gasteiger partial charge on any atom is 0.410 e. The summed E-state index contributed by atoms with van der Waals surface area (Å²) in [6.07, 6.45) is 2.48. The first-order chi connectivity index (χ1) is 9.94. The van der Waals surface area contributed by atoms with Crippen LogP contribution in [0, 0.1) is 0 Å². The molecule has 0 saturated carbocycles. The number of benzene rings is 1. The summed E-state index contributed by atoms with van der Waals surface area (Å²) in [5, 5.41) is 1.19. The van der Waals surface area contributed by atoms with E-state index in [1.54, 1.807) is 4.90 Å². The van der Waals surface area contributed by atoms with Crippen LogP contribution in [0.5, 0.6) is 0 Å². The molecule has 110 valence electrons. The highest BCUT2D eigenvalue weighted by Gasteiger charge is 2.26. The molecule has 0 bridgehead atoms. The number of nitrogens with zero attached hydrogens (tertiary/aromatic N) is 2. The van der Waals surface area contributed by atoms with Crippen molar-refractivity contribution in [1.82, 2.24) is 9.88 Å². The summed E-state index contributed by atoms with van der Waals surface area (Å²) in [6.45, 7) is 6.92. The van der Waals surface area contributed by atoms with Gasteiger partial charge in [0.05, 0.1) is 12.1 Å². The molecule has 0 fully saturated rings. The molecule has 0 atom stereocenters. The van der Waals surface area contributed by atoms with Gasteiger partial charge in [-0.2, -0.15) is 0 Å². The van der Waals surface area contributed by atoms with E-state index in [2.05, 4.69) is 11.1 Å². The molecule has 0 radical (unpaired) electrons. The van der Waals surface area contributed by atoms with Gasteiger partial charge in [0, 0.05) is 18.1 Å². The van der Waals surface area contributed by atoms with E-state index < -0.39 is 5.60 Å². The van der Waals surface area contributed by atoms with Crippen LogP contribution < -0.4 is 0 Å². The minimum atomic E-state index is -0.459. The van der Waals surface area contributed by atoms with E-state index in [-0.39, 0.29) is 6.09 Å². The van der Waals surface area contributed by atoms with Crippen molar-refractivity contribution in [2.45, 2.75) is 39.3 Å². The molecule has 1 aromatic carbocycles. The summed E-state index contributed by atoms with van der Waals surface area (Å²) in [7, 11) is 0. The molecule has 1 aromatic heterocycles. The molecule has 1 amide bonds. The van der Waals surface area contributed by atoms with Crippen LogP contribution in [-0.2, 0) is 17.7 Å². The van der Waals surface area contributed by atoms with Crippen molar-refractivity contribution >= 4 is 17.0 Å². The molecule has 4 nitrogen and oxygen atoms in total. The molecule has 1 aliphatic rings. The lowest BCUT2D eigenvalue weighted by atomic mass is 9.97. The number of pyridine rings is 1. The number of hydrogen-bond donors (Lipinski definition) is 0.